The lowest BCUT2D eigenvalue weighted by Gasteiger charge is -2.31. The van der Waals surface area contributed by atoms with E-state index in [4.69, 9.17) is 14.9 Å². The van der Waals surface area contributed by atoms with E-state index in [-0.39, 0.29) is 5.56 Å². The predicted molar refractivity (Wildman–Crippen MR) is 128 cm³/mol. The molecule has 0 spiro atoms. The minimum absolute atomic E-state index is 0.260. The first-order valence-electron chi connectivity index (χ1n) is 11.1. The monoisotopic (exact) mass is 438 g/mol. The van der Waals surface area contributed by atoms with Crippen molar-refractivity contribution in [2.24, 2.45) is 0 Å². The molecule has 5 heteroatoms. The highest BCUT2D eigenvalue weighted by molar-refractivity contribution is 5.89. The zero-order valence-corrected chi connectivity index (χ0v) is 19.5. The van der Waals surface area contributed by atoms with Crippen molar-refractivity contribution in [3.05, 3.63) is 70.3 Å². The summed E-state index contributed by atoms with van der Waals surface area (Å²) in [7, 11) is 0. The van der Waals surface area contributed by atoms with E-state index in [1.165, 1.54) is 11.1 Å². The average Bonchev–Trinajstić information content (AvgIpc) is 2.73. The Labute approximate surface area is 190 Å². The van der Waals surface area contributed by atoms with Crippen molar-refractivity contribution in [2.45, 2.75) is 71.8 Å². The number of rotatable bonds is 11. The Hall–Kier alpha value is -3.08. The van der Waals surface area contributed by atoms with Gasteiger partial charge in [-0.3, -0.25) is 0 Å². The van der Waals surface area contributed by atoms with Gasteiger partial charge in [-0.25, -0.2) is 9.59 Å². The number of benzene rings is 1. The van der Waals surface area contributed by atoms with Crippen LogP contribution in [0.4, 0.5) is 0 Å². The van der Waals surface area contributed by atoms with Gasteiger partial charge in [0.15, 0.2) is 0 Å². The molecule has 5 nitrogen and oxygen atoms in total. The van der Waals surface area contributed by atoms with Gasteiger partial charge in [0.05, 0.1) is 5.56 Å². The van der Waals surface area contributed by atoms with Gasteiger partial charge in [0, 0.05) is 11.1 Å². The summed E-state index contributed by atoms with van der Waals surface area (Å²) in [4.78, 5) is 21.9. The summed E-state index contributed by atoms with van der Waals surface area (Å²) in [6.45, 7) is 7.91. The lowest BCUT2D eigenvalue weighted by Crippen LogP contribution is -2.31. The van der Waals surface area contributed by atoms with Crippen molar-refractivity contribution < 1.29 is 24.5 Å². The zero-order valence-electron chi connectivity index (χ0n) is 19.5. The third kappa shape index (κ3) is 7.88. The Morgan fingerprint density at radius 3 is 2.22 bits per heavy atom. The van der Waals surface area contributed by atoms with Crippen LogP contribution < -0.4 is 4.74 Å². The minimum atomic E-state index is -0.940. The van der Waals surface area contributed by atoms with Crippen LogP contribution in [0.5, 0.6) is 5.75 Å². The van der Waals surface area contributed by atoms with Gasteiger partial charge >= 0.3 is 11.9 Å². The lowest BCUT2D eigenvalue weighted by molar-refractivity contribution is -0.132. The van der Waals surface area contributed by atoms with Crippen LogP contribution in [0.1, 0.15) is 82.1 Å². The van der Waals surface area contributed by atoms with E-state index < -0.39 is 17.5 Å². The summed E-state index contributed by atoms with van der Waals surface area (Å²) in [5.41, 5.74) is 3.67. The quantitative estimate of drug-likeness (QED) is 0.293. The van der Waals surface area contributed by atoms with Crippen LogP contribution in [0, 0.1) is 0 Å². The molecule has 1 aliphatic heterocycles. The fourth-order valence-corrected chi connectivity index (χ4v) is 3.55. The van der Waals surface area contributed by atoms with Gasteiger partial charge in [0.2, 0.25) is 0 Å². The lowest BCUT2D eigenvalue weighted by atomic mass is 9.94. The second kappa shape index (κ2) is 11.5. The number of allylic oxidation sites excluding steroid dienone is 5. The van der Waals surface area contributed by atoms with Crippen molar-refractivity contribution in [3.8, 4) is 5.75 Å². The van der Waals surface area contributed by atoms with Gasteiger partial charge in [-0.1, -0.05) is 35.5 Å². The van der Waals surface area contributed by atoms with Crippen LogP contribution in [0.25, 0.3) is 6.08 Å². The minimum Gasteiger partial charge on any atom is -0.483 e. The number of hydrogen-bond donors (Lipinski definition) is 2. The molecular formula is C27H34O5. The number of hydrogen-bond acceptors (Lipinski definition) is 3. The van der Waals surface area contributed by atoms with Crippen LogP contribution in [0.3, 0.4) is 0 Å². The second-order valence-corrected chi connectivity index (χ2v) is 8.72. The van der Waals surface area contributed by atoms with Crippen molar-refractivity contribution in [3.63, 3.8) is 0 Å². The zero-order chi connectivity index (χ0) is 23.7. The molecule has 0 aromatic heterocycles. The van der Waals surface area contributed by atoms with E-state index in [0.717, 1.165) is 49.8 Å². The molecule has 1 aromatic carbocycles. The van der Waals surface area contributed by atoms with Gasteiger partial charge in [0.25, 0.3) is 0 Å². The Kier molecular flexibility index (Phi) is 9.06. The summed E-state index contributed by atoms with van der Waals surface area (Å²) < 4.78 is 6.16. The smallest absolute Gasteiger partial charge is 0.335 e. The normalized spacial score (nSPS) is 18.8. The maximum atomic E-state index is 11.1. The van der Waals surface area contributed by atoms with Crippen LogP contribution in [-0.4, -0.2) is 27.8 Å². The molecule has 0 bridgehead atoms. The van der Waals surface area contributed by atoms with Crippen molar-refractivity contribution in [1.82, 2.24) is 0 Å². The van der Waals surface area contributed by atoms with Crippen LogP contribution in [-0.2, 0) is 4.79 Å². The molecule has 0 saturated carbocycles. The highest BCUT2D eigenvalue weighted by atomic mass is 16.5. The molecule has 1 aromatic rings. The summed E-state index contributed by atoms with van der Waals surface area (Å²) in [6, 6.07) is 4.94. The number of carbonyl (C=O) groups is 2. The Balaban J connectivity index is 1.79. The van der Waals surface area contributed by atoms with E-state index in [1.54, 1.807) is 31.2 Å². The summed E-state index contributed by atoms with van der Waals surface area (Å²) in [6.07, 6.45) is 15.6. The van der Waals surface area contributed by atoms with Gasteiger partial charge < -0.3 is 14.9 Å². The van der Waals surface area contributed by atoms with Crippen LogP contribution >= 0.6 is 0 Å². The first kappa shape index (κ1) is 25.2. The molecule has 0 unspecified atom stereocenters. The fourth-order valence-electron chi connectivity index (χ4n) is 3.55. The summed E-state index contributed by atoms with van der Waals surface area (Å²) >= 11 is 0. The number of carboxylic acid groups (broad SMARTS) is 2. The van der Waals surface area contributed by atoms with Crippen LogP contribution in [0.2, 0.25) is 0 Å². The maximum Gasteiger partial charge on any atom is 0.335 e. The molecule has 0 fully saturated rings. The molecule has 0 radical (unpaired) electrons. The maximum absolute atomic E-state index is 11.1. The summed E-state index contributed by atoms with van der Waals surface area (Å²) in [5, 5.41) is 18.0. The van der Waals surface area contributed by atoms with E-state index in [2.05, 4.69) is 26.0 Å². The van der Waals surface area contributed by atoms with E-state index in [0.29, 0.717) is 5.57 Å². The first-order valence-corrected chi connectivity index (χ1v) is 11.1. The highest BCUT2D eigenvalue weighted by Gasteiger charge is 2.27. The molecule has 172 valence electrons. The second-order valence-electron chi connectivity index (χ2n) is 8.72. The molecule has 0 saturated heterocycles. The number of aliphatic carboxylic acids is 1. The molecule has 1 heterocycles. The Morgan fingerprint density at radius 2 is 1.59 bits per heavy atom. The van der Waals surface area contributed by atoms with E-state index in [1.807, 2.05) is 19.1 Å². The Morgan fingerprint density at radius 1 is 0.969 bits per heavy atom. The third-order valence-corrected chi connectivity index (χ3v) is 5.71. The highest BCUT2D eigenvalue weighted by Crippen LogP contribution is 2.34. The van der Waals surface area contributed by atoms with Gasteiger partial charge in [-0.2, -0.15) is 0 Å². The molecule has 2 N–H and O–H groups in total. The summed E-state index contributed by atoms with van der Waals surface area (Å²) in [5.74, 6) is -1.08. The van der Waals surface area contributed by atoms with E-state index in [9.17, 15) is 9.59 Å². The molecule has 0 aliphatic carbocycles. The topological polar surface area (TPSA) is 83.8 Å². The van der Waals surface area contributed by atoms with Crippen LogP contribution in [0.15, 0.2) is 59.2 Å². The predicted octanol–water partition coefficient (Wildman–Crippen LogP) is 6.81. The Bertz CT molecular complexity index is 964. The third-order valence-electron chi connectivity index (χ3n) is 5.71. The number of fused-ring (bicyclic) bond motifs is 1. The number of carboxylic acids is 2. The average molecular weight is 439 g/mol. The molecular weight excluding hydrogens is 404 g/mol. The number of aromatic carboxylic acids is 1. The SMILES string of the molecule is CC(=CCCC(C)=CCC[C@@]1(C)C=Cc2cc(C(=O)O)ccc2O1)CCC=C(C)C(=O)O. The van der Waals surface area contributed by atoms with E-state index >= 15 is 0 Å². The van der Waals surface area contributed by atoms with Gasteiger partial charge in [-0.15, -0.1) is 0 Å². The van der Waals surface area contributed by atoms with Crippen molar-refractivity contribution in [2.75, 3.05) is 0 Å². The largest absolute Gasteiger partial charge is 0.483 e. The van der Waals surface area contributed by atoms with Crippen molar-refractivity contribution >= 4 is 18.0 Å². The molecule has 0 amide bonds. The number of ether oxygens (including phenoxy) is 1. The van der Waals surface area contributed by atoms with Gasteiger partial charge in [0.1, 0.15) is 11.4 Å². The molecule has 1 atom stereocenters. The van der Waals surface area contributed by atoms with Crippen molar-refractivity contribution in [1.29, 1.82) is 0 Å². The first-order chi connectivity index (χ1) is 15.1. The fraction of sp³-hybridized carbons (Fsp3) is 0.407. The van der Waals surface area contributed by atoms with Gasteiger partial charge in [-0.05, 0) is 90.5 Å². The molecule has 1 aliphatic rings. The molecule has 32 heavy (non-hydrogen) atoms. The standard InChI is InChI=1S/C27H34O5/c1-19(10-6-12-21(3)25(28)29)8-5-9-20(2)11-7-16-27(4)17-15-22-18-23(26(30)31)13-14-24(22)32-27/h8,11-15,17-18H,5-7,9-10,16H2,1-4H3,(H,28,29)(H,30,31)/t27-/m0/s1. The molecule has 2 rings (SSSR count).